The molecule has 0 amide bonds. The first-order valence-electron chi connectivity index (χ1n) is 7.12. The van der Waals surface area contributed by atoms with Crippen LogP contribution >= 0.6 is 22.7 Å². The number of thiophene rings is 2. The number of carbonyl (C=O) groups is 1. The lowest BCUT2D eigenvalue weighted by Crippen LogP contribution is -2.20. The van der Waals surface area contributed by atoms with Gasteiger partial charge in [0.15, 0.2) is 17.3 Å². The summed E-state index contributed by atoms with van der Waals surface area (Å²) in [5.74, 6) is -2.22. The van der Waals surface area contributed by atoms with Crippen LogP contribution in [0.3, 0.4) is 0 Å². The number of ether oxygens (including phenoxy) is 1. The third kappa shape index (κ3) is 2.68. The summed E-state index contributed by atoms with van der Waals surface area (Å²) in [4.78, 5) is 15.6. The van der Waals surface area contributed by atoms with Crippen molar-refractivity contribution in [2.45, 2.75) is 0 Å². The summed E-state index contributed by atoms with van der Waals surface area (Å²) in [7, 11) is 0. The number of Topliss-reactive ketones (excluding diaryl/α,β-unsaturated/α-hetero) is 1. The number of hydrogen-bond acceptors (Lipinski definition) is 4. The maximum absolute atomic E-state index is 13.7. The topological polar surface area (TPSA) is 26.3 Å². The van der Waals surface area contributed by atoms with Crippen LogP contribution in [0.25, 0.3) is 15.8 Å². The first-order chi connectivity index (χ1) is 11.6. The second kappa shape index (κ2) is 5.96. The van der Waals surface area contributed by atoms with E-state index in [-0.39, 0.29) is 17.9 Å². The Bertz CT molecular complexity index is 956. The van der Waals surface area contributed by atoms with E-state index in [1.165, 1.54) is 0 Å². The lowest BCUT2D eigenvalue weighted by atomic mass is 9.99. The molecule has 0 spiro atoms. The molecule has 0 saturated heterocycles. The average molecular weight is 360 g/mol. The monoisotopic (exact) mass is 360 g/mol. The summed E-state index contributed by atoms with van der Waals surface area (Å²) in [5.41, 5.74) is 0.312. The molecule has 24 heavy (non-hydrogen) atoms. The third-order valence-corrected chi connectivity index (χ3v) is 5.72. The van der Waals surface area contributed by atoms with Gasteiger partial charge in [-0.25, -0.2) is 8.78 Å². The Hall–Kier alpha value is -2.31. The van der Waals surface area contributed by atoms with Crippen LogP contribution in [0.1, 0.15) is 15.2 Å². The Morgan fingerprint density at radius 2 is 2.00 bits per heavy atom. The fourth-order valence-corrected chi connectivity index (χ4v) is 4.34. The quantitative estimate of drug-likeness (QED) is 0.571. The molecule has 3 aromatic rings. The number of hydrogen-bond donors (Lipinski definition) is 0. The zero-order valence-corrected chi connectivity index (χ0v) is 13.8. The second-order valence-corrected chi connectivity index (χ2v) is 7.29. The Labute approximate surface area is 144 Å². The molecule has 3 heterocycles. The van der Waals surface area contributed by atoms with Gasteiger partial charge in [0.1, 0.15) is 12.4 Å². The maximum Gasteiger partial charge on any atom is 0.196 e. The predicted octanol–water partition coefficient (Wildman–Crippen LogP) is 5.41. The van der Waals surface area contributed by atoms with Crippen molar-refractivity contribution < 1.29 is 18.3 Å². The standard InChI is InChI=1S/C18H10F2O2S2/c19-11-7-13-17(21)10(9-22-18(13)14(20)8-11)6-12-3-4-16(24-12)15-2-1-5-23-15/h1-8H,9H2/b10-6+. The Morgan fingerprint density at radius 1 is 1.12 bits per heavy atom. The fourth-order valence-electron chi connectivity index (χ4n) is 2.52. The minimum Gasteiger partial charge on any atom is -0.485 e. The summed E-state index contributed by atoms with van der Waals surface area (Å²) in [6.45, 7) is -0.0272. The molecule has 0 aliphatic carbocycles. The Balaban J connectivity index is 1.68. The summed E-state index contributed by atoms with van der Waals surface area (Å²) in [6, 6.07) is 9.65. The van der Waals surface area contributed by atoms with Gasteiger partial charge in [-0.15, -0.1) is 22.7 Å². The van der Waals surface area contributed by atoms with Crippen molar-refractivity contribution in [1.29, 1.82) is 0 Å². The van der Waals surface area contributed by atoms with Gasteiger partial charge in [0.2, 0.25) is 0 Å². The number of ketones is 1. The molecule has 0 atom stereocenters. The SMILES string of the molecule is O=C1/C(=C/c2ccc(-c3cccs3)s2)COc2c(F)cc(F)cc21. The van der Waals surface area contributed by atoms with Crippen LogP contribution in [0, 0.1) is 11.6 Å². The van der Waals surface area contributed by atoms with Crippen molar-refractivity contribution in [1.82, 2.24) is 0 Å². The van der Waals surface area contributed by atoms with E-state index in [9.17, 15) is 13.6 Å². The molecule has 0 saturated carbocycles. The van der Waals surface area contributed by atoms with Crippen LogP contribution in [0.15, 0.2) is 47.4 Å². The fraction of sp³-hybridized carbons (Fsp3) is 0.0556. The molecule has 2 nitrogen and oxygen atoms in total. The molecule has 0 bridgehead atoms. The van der Waals surface area contributed by atoms with Gasteiger partial charge in [0.25, 0.3) is 0 Å². The number of fused-ring (bicyclic) bond motifs is 1. The summed E-state index contributed by atoms with van der Waals surface area (Å²) >= 11 is 3.20. The zero-order chi connectivity index (χ0) is 16.7. The number of benzene rings is 1. The van der Waals surface area contributed by atoms with E-state index < -0.39 is 17.4 Å². The smallest absolute Gasteiger partial charge is 0.196 e. The van der Waals surface area contributed by atoms with Crippen molar-refractivity contribution in [3.63, 3.8) is 0 Å². The number of carbonyl (C=O) groups excluding carboxylic acids is 1. The van der Waals surface area contributed by atoms with Gasteiger partial charge >= 0.3 is 0 Å². The van der Waals surface area contributed by atoms with E-state index >= 15 is 0 Å². The van der Waals surface area contributed by atoms with Gasteiger partial charge in [-0.05, 0) is 35.7 Å². The van der Waals surface area contributed by atoms with Crippen LogP contribution in [-0.2, 0) is 0 Å². The first kappa shape index (κ1) is 15.2. The minimum absolute atomic E-state index is 0.0272. The molecular weight excluding hydrogens is 350 g/mol. The molecule has 0 fully saturated rings. The van der Waals surface area contributed by atoms with Gasteiger partial charge in [0.05, 0.1) is 5.56 Å². The van der Waals surface area contributed by atoms with E-state index in [1.807, 2.05) is 29.6 Å². The third-order valence-electron chi connectivity index (χ3n) is 3.62. The minimum atomic E-state index is -0.853. The molecule has 0 unspecified atom stereocenters. The van der Waals surface area contributed by atoms with E-state index in [2.05, 4.69) is 0 Å². The Kier molecular flexibility index (Phi) is 3.78. The van der Waals surface area contributed by atoms with Gasteiger partial charge < -0.3 is 4.74 Å². The number of halogens is 2. The first-order valence-corrected chi connectivity index (χ1v) is 8.82. The zero-order valence-electron chi connectivity index (χ0n) is 12.2. The van der Waals surface area contributed by atoms with Crippen LogP contribution in [0.4, 0.5) is 8.78 Å². The normalized spacial score (nSPS) is 15.4. The highest BCUT2D eigenvalue weighted by molar-refractivity contribution is 7.21. The van der Waals surface area contributed by atoms with Crippen molar-refractivity contribution >= 4 is 34.5 Å². The van der Waals surface area contributed by atoms with Gasteiger partial charge in [-0.1, -0.05) is 6.07 Å². The lowest BCUT2D eigenvalue weighted by Gasteiger charge is -2.19. The molecular formula is C18H10F2O2S2. The molecule has 2 aromatic heterocycles. The molecule has 0 N–H and O–H groups in total. The van der Waals surface area contributed by atoms with Crippen molar-refractivity contribution in [2.75, 3.05) is 6.61 Å². The van der Waals surface area contributed by atoms with E-state index in [0.717, 1.165) is 20.7 Å². The second-order valence-electron chi connectivity index (χ2n) is 5.23. The van der Waals surface area contributed by atoms with E-state index in [0.29, 0.717) is 11.6 Å². The van der Waals surface area contributed by atoms with Crippen LogP contribution < -0.4 is 4.74 Å². The van der Waals surface area contributed by atoms with Gasteiger partial charge in [-0.2, -0.15) is 0 Å². The molecule has 4 rings (SSSR count). The number of rotatable bonds is 2. The van der Waals surface area contributed by atoms with Crippen LogP contribution in [0.2, 0.25) is 0 Å². The molecule has 120 valence electrons. The summed E-state index contributed by atoms with van der Waals surface area (Å²) in [5, 5.41) is 2.01. The molecule has 1 aliphatic heterocycles. The largest absolute Gasteiger partial charge is 0.485 e. The summed E-state index contributed by atoms with van der Waals surface area (Å²) in [6.07, 6.45) is 1.72. The Morgan fingerprint density at radius 3 is 2.79 bits per heavy atom. The van der Waals surface area contributed by atoms with Crippen molar-refractivity contribution in [3.05, 3.63) is 69.4 Å². The lowest BCUT2D eigenvalue weighted by molar-refractivity contribution is 0.0997. The van der Waals surface area contributed by atoms with E-state index in [4.69, 9.17) is 4.74 Å². The molecule has 6 heteroatoms. The summed E-state index contributed by atoms with van der Waals surface area (Å²) < 4.78 is 32.4. The average Bonchev–Trinajstić information content (AvgIpc) is 3.21. The van der Waals surface area contributed by atoms with Crippen molar-refractivity contribution in [2.24, 2.45) is 0 Å². The predicted molar refractivity (Wildman–Crippen MR) is 91.8 cm³/mol. The van der Waals surface area contributed by atoms with Gasteiger partial charge in [0, 0.05) is 26.3 Å². The van der Waals surface area contributed by atoms with Gasteiger partial charge in [-0.3, -0.25) is 4.79 Å². The highest BCUT2D eigenvalue weighted by Crippen LogP contribution is 2.35. The highest BCUT2D eigenvalue weighted by Gasteiger charge is 2.27. The van der Waals surface area contributed by atoms with E-state index in [1.54, 1.807) is 28.7 Å². The molecule has 1 aromatic carbocycles. The molecule has 1 aliphatic rings. The van der Waals surface area contributed by atoms with Crippen molar-refractivity contribution in [3.8, 4) is 15.5 Å². The maximum atomic E-state index is 13.7. The highest BCUT2D eigenvalue weighted by atomic mass is 32.1. The van der Waals surface area contributed by atoms with Crippen LogP contribution in [0.5, 0.6) is 5.75 Å². The van der Waals surface area contributed by atoms with Crippen LogP contribution in [-0.4, -0.2) is 12.4 Å². The molecule has 0 radical (unpaired) electrons.